The third-order valence-electron chi connectivity index (χ3n) is 1.72. The van der Waals surface area contributed by atoms with Crippen LogP contribution in [0, 0.1) is 0 Å². The molecule has 0 unspecified atom stereocenters. The smallest absolute Gasteiger partial charge is 0.234 e. The first-order chi connectivity index (χ1) is 7.17. The van der Waals surface area contributed by atoms with Gasteiger partial charge in [0.25, 0.3) is 0 Å². The molecule has 1 N–H and O–H groups in total. The molecule has 0 spiro atoms. The van der Waals surface area contributed by atoms with Crippen LogP contribution in [-0.4, -0.2) is 25.0 Å². The second-order valence-corrected chi connectivity index (χ2v) is 4.55. The van der Waals surface area contributed by atoms with Gasteiger partial charge in [-0.1, -0.05) is 0 Å². The number of benzene rings is 1. The number of thioether (sulfide) groups is 1. The number of ether oxygens (including phenoxy) is 1. The van der Waals surface area contributed by atoms with Crippen molar-refractivity contribution in [2.75, 3.05) is 24.4 Å². The van der Waals surface area contributed by atoms with Gasteiger partial charge >= 0.3 is 0 Å². The van der Waals surface area contributed by atoms with Crippen LogP contribution >= 0.6 is 27.7 Å². The molecule has 1 amide bonds. The molecule has 1 aromatic carbocycles. The molecule has 82 valence electrons. The highest BCUT2D eigenvalue weighted by Gasteiger charge is 2.05. The van der Waals surface area contributed by atoms with E-state index in [2.05, 4.69) is 21.2 Å². The van der Waals surface area contributed by atoms with E-state index >= 15 is 0 Å². The molecular weight excluding hydrogens is 278 g/mol. The molecule has 0 radical (unpaired) electrons. The molecule has 0 saturated carbocycles. The molecule has 0 bridgehead atoms. The van der Waals surface area contributed by atoms with Crippen molar-refractivity contribution in [3.05, 3.63) is 22.7 Å². The van der Waals surface area contributed by atoms with Crippen LogP contribution in [0.4, 0.5) is 5.69 Å². The Morgan fingerprint density at radius 3 is 2.93 bits per heavy atom. The third-order valence-corrected chi connectivity index (χ3v) is 2.97. The monoisotopic (exact) mass is 289 g/mol. The summed E-state index contributed by atoms with van der Waals surface area (Å²) in [6.45, 7) is 0. The van der Waals surface area contributed by atoms with E-state index in [1.54, 1.807) is 13.2 Å². The van der Waals surface area contributed by atoms with Crippen molar-refractivity contribution in [2.24, 2.45) is 0 Å². The maximum absolute atomic E-state index is 11.4. The number of carbonyl (C=O) groups is 1. The maximum Gasteiger partial charge on any atom is 0.234 e. The summed E-state index contributed by atoms with van der Waals surface area (Å²) in [5.41, 5.74) is 0.730. The lowest BCUT2D eigenvalue weighted by Crippen LogP contribution is -2.14. The van der Waals surface area contributed by atoms with E-state index in [1.165, 1.54) is 11.8 Å². The molecule has 15 heavy (non-hydrogen) atoms. The number of nitrogens with one attached hydrogen (secondary N) is 1. The number of halogens is 1. The Kier molecular flexibility index (Phi) is 4.98. The number of amides is 1. The summed E-state index contributed by atoms with van der Waals surface area (Å²) in [5, 5.41) is 2.80. The molecule has 0 atom stereocenters. The van der Waals surface area contributed by atoms with E-state index < -0.39 is 0 Å². The summed E-state index contributed by atoms with van der Waals surface area (Å²) in [5.74, 6) is 1.15. The van der Waals surface area contributed by atoms with Crippen molar-refractivity contribution in [2.45, 2.75) is 0 Å². The van der Waals surface area contributed by atoms with E-state index in [9.17, 15) is 4.79 Å². The Morgan fingerprint density at radius 1 is 1.60 bits per heavy atom. The van der Waals surface area contributed by atoms with Gasteiger partial charge in [0.2, 0.25) is 5.91 Å². The lowest BCUT2D eigenvalue weighted by Gasteiger charge is -2.08. The van der Waals surface area contributed by atoms with Crippen LogP contribution in [-0.2, 0) is 4.79 Å². The van der Waals surface area contributed by atoms with Crippen LogP contribution in [0.1, 0.15) is 0 Å². The Hall–Kier alpha value is -0.680. The van der Waals surface area contributed by atoms with Crippen LogP contribution in [0.15, 0.2) is 22.7 Å². The fourth-order valence-electron chi connectivity index (χ4n) is 1.04. The zero-order valence-corrected chi connectivity index (χ0v) is 10.9. The van der Waals surface area contributed by atoms with Crippen LogP contribution < -0.4 is 10.1 Å². The Bertz CT molecular complexity index is 357. The highest BCUT2D eigenvalue weighted by Crippen LogP contribution is 2.27. The molecule has 0 aliphatic rings. The molecule has 0 heterocycles. The third kappa shape index (κ3) is 3.76. The van der Waals surface area contributed by atoms with Gasteiger partial charge in [-0.05, 0) is 34.3 Å². The van der Waals surface area contributed by atoms with Gasteiger partial charge in [0.05, 0.1) is 18.6 Å². The largest absolute Gasteiger partial charge is 0.497 e. The summed E-state index contributed by atoms with van der Waals surface area (Å²) < 4.78 is 5.92. The fraction of sp³-hybridized carbons (Fsp3) is 0.300. The molecule has 3 nitrogen and oxygen atoms in total. The predicted octanol–water partition coefficient (Wildman–Crippen LogP) is 2.76. The van der Waals surface area contributed by atoms with Gasteiger partial charge in [0, 0.05) is 10.5 Å². The van der Waals surface area contributed by atoms with Crippen molar-refractivity contribution < 1.29 is 9.53 Å². The van der Waals surface area contributed by atoms with Gasteiger partial charge in [-0.15, -0.1) is 0 Å². The highest BCUT2D eigenvalue weighted by atomic mass is 79.9. The summed E-state index contributed by atoms with van der Waals surface area (Å²) in [6, 6.07) is 5.45. The van der Waals surface area contributed by atoms with Crippen molar-refractivity contribution in [1.29, 1.82) is 0 Å². The second-order valence-electron chi connectivity index (χ2n) is 2.83. The average molecular weight is 290 g/mol. The number of rotatable bonds is 4. The van der Waals surface area contributed by atoms with Crippen LogP contribution in [0.5, 0.6) is 5.75 Å². The normalized spacial score (nSPS) is 9.80. The summed E-state index contributed by atoms with van der Waals surface area (Å²) >= 11 is 4.85. The Balaban J connectivity index is 2.79. The minimum Gasteiger partial charge on any atom is -0.497 e. The molecule has 1 rings (SSSR count). The molecule has 0 saturated heterocycles. The van der Waals surface area contributed by atoms with Crippen molar-refractivity contribution >= 4 is 39.3 Å². The molecule has 5 heteroatoms. The first-order valence-corrected chi connectivity index (χ1v) is 6.48. The van der Waals surface area contributed by atoms with E-state index in [1.807, 2.05) is 18.4 Å². The summed E-state index contributed by atoms with van der Waals surface area (Å²) in [4.78, 5) is 11.4. The van der Waals surface area contributed by atoms with Gasteiger partial charge in [-0.25, -0.2) is 0 Å². The van der Waals surface area contributed by atoms with E-state index in [-0.39, 0.29) is 5.91 Å². The minimum absolute atomic E-state index is 0.0172. The minimum atomic E-state index is -0.0172. The predicted molar refractivity (Wildman–Crippen MR) is 67.7 cm³/mol. The Labute approximate surface area is 102 Å². The van der Waals surface area contributed by atoms with Crippen LogP contribution in [0.25, 0.3) is 0 Å². The standard InChI is InChI=1S/C10H12BrNO2S/c1-14-7-3-4-8(11)9(5-7)12-10(13)6-15-2/h3-5H,6H2,1-2H3,(H,12,13). The summed E-state index contributed by atoms with van der Waals surface area (Å²) in [6.07, 6.45) is 1.89. The van der Waals surface area contributed by atoms with Gasteiger partial charge in [-0.3, -0.25) is 4.79 Å². The van der Waals surface area contributed by atoms with E-state index in [4.69, 9.17) is 4.74 Å². The van der Waals surface area contributed by atoms with Gasteiger partial charge in [-0.2, -0.15) is 11.8 Å². The molecule has 0 aliphatic carbocycles. The van der Waals surface area contributed by atoms with Crippen molar-refractivity contribution in [3.8, 4) is 5.75 Å². The summed E-state index contributed by atoms with van der Waals surface area (Å²) in [7, 11) is 1.59. The zero-order valence-electron chi connectivity index (χ0n) is 8.54. The zero-order chi connectivity index (χ0) is 11.3. The first kappa shape index (κ1) is 12.4. The first-order valence-electron chi connectivity index (χ1n) is 4.29. The number of carbonyl (C=O) groups excluding carboxylic acids is 1. The molecule has 0 aliphatic heterocycles. The van der Waals surface area contributed by atoms with Crippen LogP contribution in [0.3, 0.4) is 0 Å². The van der Waals surface area contributed by atoms with Crippen molar-refractivity contribution in [1.82, 2.24) is 0 Å². The SMILES string of the molecule is COc1ccc(Br)c(NC(=O)CSC)c1. The molecule has 0 fully saturated rings. The molecule has 0 aromatic heterocycles. The molecule has 1 aromatic rings. The van der Waals surface area contributed by atoms with Gasteiger partial charge in [0.15, 0.2) is 0 Å². The number of hydrogen-bond acceptors (Lipinski definition) is 3. The number of anilines is 1. The average Bonchev–Trinajstić information content (AvgIpc) is 2.21. The fourth-order valence-corrected chi connectivity index (χ4v) is 1.72. The lowest BCUT2D eigenvalue weighted by atomic mass is 10.3. The van der Waals surface area contributed by atoms with Gasteiger partial charge < -0.3 is 10.1 Å². The highest BCUT2D eigenvalue weighted by molar-refractivity contribution is 9.10. The van der Waals surface area contributed by atoms with E-state index in [0.29, 0.717) is 5.75 Å². The van der Waals surface area contributed by atoms with E-state index in [0.717, 1.165) is 15.9 Å². The second kappa shape index (κ2) is 6.02. The quantitative estimate of drug-likeness (QED) is 0.926. The maximum atomic E-state index is 11.4. The van der Waals surface area contributed by atoms with Crippen molar-refractivity contribution in [3.63, 3.8) is 0 Å². The molecular formula is C10H12BrNO2S. The Morgan fingerprint density at radius 2 is 2.33 bits per heavy atom. The van der Waals surface area contributed by atoms with Gasteiger partial charge in [0.1, 0.15) is 5.75 Å². The lowest BCUT2D eigenvalue weighted by molar-refractivity contribution is -0.113. The van der Waals surface area contributed by atoms with Crippen LogP contribution in [0.2, 0.25) is 0 Å². The number of hydrogen-bond donors (Lipinski definition) is 1. The number of methoxy groups -OCH3 is 1. The topological polar surface area (TPSA) is 38.3 Å².